The summed E-state index contributed by atoms with van der Waals surface area (Å²) in [6.07, 6.45) is 0. The fourth-order valence-corrected chi connectivity index (χ4v) is 2.81. The summed E-state index contributed by atoms with van der Waals surface area (Å²) in [5, 5.41) is 2.08. The minimum atomic E-state index is 0.0531. The van der Waals surface area contributed by atoms with E-state index in [1.807, 2.05) is 67.6 Å². The maximum absolute atomic E-state index is 12.8. The molecule has 0 aliphatic heterocycles. The smallest absolute Gasteiger partial charge is 0.194 e. The van der Waals surface area contributed by atoms with Gasteiger partial charge in [0.25, 0.3) is 0 Å². The number of aryl methyl sites for hydroxylation is 1. The topological polar surface area (TPSA) is 17.1 Å². The van der Waals surface area contributed by atoms with E-state index >= 15 is 0 Å². The van der Waals surface area contributed by atoms with Crippen molar-refractivity contribution in [1.82, 2.24) is 0 Å². The zero-order valence-electron chi connectivity index (χ0n) is 11.1. The highest BCUT2D eigenvalue weighted by Gasteiger charge is 2.15. The van der Waals surface area contributed by atoms with Gasteiger partial charge in [-0.15, -0.1) is 0 Å². The van der Waals surface area contributed by atoms with Gasteiger partial charge in [0.1, 0.15) is 0 Å². The Morgan fingerprint density at radius 2 is 1.65 bits per heavy atom. The predicted octanol–water partition coefficient (Wildman–Crippen LogP) is 5.14. The number of fused-ring (bicyclic) bond motifs is 1. The van der Waals surface area contributed by atoms with E-state index in [2.05, 4.69) is 15.9 Å². The van der Waals surface area contributed by atoms with Crippen LogP contribution in [0.3, 0.4) is 0 Å². The highest BCUT2D eigenvalue weighted by Crippen LogP contribution is 2.25. The van der Waals surface area contributed by atoms with Gasteiger partial charge in [-0.05, 0) is 29.8 Å². The lowest BCUT2D eigenvalue weighted by Gasteiger charge is -2.08. The van der Waals surface area contributed by atoms with Gasteiger partial charge in [0, 0.05) is 15.6 Å². The summed E-state index contributed by atoms with van der Waals surface area (Å²) in [5.74, 6) is 0.0531. The molecule has 0 amide bonds. The maximum Gasteiger partial charge on any atom is 0.194 e. The van der Waals surface area contributed by atoms with E-state index in [0.717, 1.165) is 26.4 Å². The number of hydrogen-bond acceptors (Lipinski definition) is 1. The predicted molar refractivity (Wildman–Crippen MR) is 86.3 cm³/mol. The zero-order chi connectivity index (χ0) is 14.1. The highest BCUT2D eigenvalue weighted by atomic mass is 79.9. The maximum atomic E-state index is 12.8. The molecule has 3 rings (SSSR count). The fraction of sp³-hybridized carbons (Fsp3) is 0.0556. The molecular formula is C18H13BrO. The summed E-state index contributed by atoms with van der Waals surface area (Å²) in [6.45, 7) is 1.99. The molecule has 0 aliphatic carbocycles. The number of hydrogen-bond donors (Lipinski definition) is 0. The number of rotatable bonds is 2. The average Bonchev–Trinajstić information content (AvgIpc) is 2.48. The number of carbonyl (C=O) groups excluding carboxylic acids is 1. The van der Waals surface area contributed by atoms with Gasteiger partial charge in [0.15, 0.2) is 5.78 Å². The molecule has 0 saturated carbocycles. The molecule has 20 heavy (non-hydrogen) atoms. The van der Waals surface area contributed by atoms with E-state index in [4.69, 9.17) is 0 Å². The Kier molecular flexibility index (Phi) is 3.41. The lowest BCUT2D eigenvalue weighted by Crippen LogP contribution is -2.03. The van der Waals surface area contributed by atoms with Crippen LogP contribution >= 0.6 is 15.9 Å². The molecule has 2 heteroatoms. The molecule has 0 bridgehead atoms. The van der Waals surface area contributed by atoms with E-state index in [-0.39, 0.29) is 5.78 Å². The van der Waals surface area contributed by atoms with Crippen molar-refractivity contribution in [2.45, 2.75) is 6.92 Å². The molecule has 0 radical (unpaired) electrons. The number of halogens is 1. The molecule has 0 fully saturated rings. The van der Waals surface area contributed by atoms with Crippen molar-refractivity contribution in [2.75, 3.05) is 0 Å². The molecular weight excluding hydrogens is 312 g/mol. The Balaban J connectivity index is 2.20. The van der Waals surface area contributed by atoms with Crippen molar-refractivity contribution in [3.63, 3.8) is 0 Å². The Hall–Kier alpha value is -1.93. The van der Waals surface area contributed by atoms with E-state index in [9.17, 15) is 4.79 Å². The second kappa shape index (κ2) is 5.22. The van der Waals surface area contributed by atoms with E-state index in [0.29, 0.717) is 5.56 Å². The van der Waals surface area contributed by atoms with Crippen LogP contribution in [0.5, 0.6) is 0 Å². The van der Waals surface area contributed by atoms with Gasteiger partial charge < -0.3 is 0 Å². The van der Waals surface area contributed by atoms with Crippen LogP contribution in [0, 0.1) is 6.92 Å². The SMILES string of the molecule is Cc1ccc(Br)c(C(=O)c2cccc3ccccc23)c1. The first-order valence-corrected chi connectivity index (χ1v) is 7.25. The molecule has 0 N–H and O–H groups in total. The van der Waals surface area contributed by atoms with E-state index in [1.165, 1.54) is 0 Å². The van der Waals surface area contributed by atoms with Crippen LogP contribution in [0.4, 0.5) is 0 Å². The summed E-state index contributed by atoms with van der Waals surface area (Å²) >= 11 is 3.47. The summed E-state index contributed by atoms with van der Waals surface area (Å²) in [7, 11) is 0. The average molecular weight is 325 g/mol. The van der Waals surface area contributed by atoms with Crippen LogP contribution in [0.1, 0.15) is 21.5 Å². The van der Waals surface area contributed by atoms with Gasteiger partial charge >= 0.3 is 0 Å². The first-order chi connectivity index (χ1) is 9.66. The largest absolute Gasteiger partial charge is 0.289 e. The van der Waals surface area contributed by atoms with Crippen molar-refractivity contribution < 1.29 is 4.79 Å². The first-order valence-electron chi connectivity index (χ1n) is 6.45. The van der Waals surface area contributed by atoms with E-state index in [1.54, 1.807) is 0 Å². The third kappa shape index (κ3) is 2.27. The minimum absolute atomic E-state index is 0.0531. The second-order valence-corrected chi connectivity index (χ2v) is 5.69. The number of benzene rings is 3. The summed E-state index contributed by atoms with van der Waals surface area (Å²) < 4.78 is 0.834. The molecule has 0 atom stereocenters. The third-order valence-corrected chi connectivity index (χ3v) is 4.09. The summed E-state index contributed by atoms with van der Waals surface area (Å²) in [5.41, 5.74) is 2.53. The molecule has 0 aromatic heterocycles. The van der Waals surface area contributed by atoms with Gasteiger partial charge in [0.05, 0.1) is 0 Å². The molecule has 1 nitrogen and oxygen atoms in total. The molecule has 0 heterocycles. The van der Waals surface area contributed by atoms with Gasteiger partial charge in [-0.3, -0.25) is 4.79 Å². The van der Waals surface area contributed by atoms with Crippen molar-refractivity contribution in [3.8, 4) is 0 Å². The Bertz CT molecular complexity index is 800. The summed E-state index contributed by atoms with van der Waals surface area (Å²) in [6, 6.07) is 19.6. The Morgan fingerprint density at radius 3 is 2.50 bits per heavy atom. The van der Waals surface area contributed by atoms with Gasteiger partial charge in [0.2, 0.25) is 0 Å². The lowest BCUT2D eigenvalue weighted by atomic mass is 9.96. The minimum Gasteiger partial charge on any atom is -0.289 e. The zero-order valence-corrected chi connectivity index (χ0v) is 12.6. The van der Waals surface area contributed by atoms with Crippen molar-refractivity contribution in [3.05, 3.63) is 81.8 Å². The van der Waals surface area contributed by atoms with Crippen LogP contribution in [0.15, 0.2) is 65.1 Å². The first kappa shape index (κ1) is 13.1. The Morgan fingerprint density at radius 1 is 0.900 bits per heavy atom. The molecule has 0 unspecified atom stereocenters. The molecule has 3 aromatic carbocycles. The third-order valence-electron chi connectivity index (χ3n) is 3.40. The fourth-order valence-electron chi connectivity index (χ4n) is 2.38. The van der Waals surface area contributed by atoms with Crippen molar-refractivity contribution in [1.29, 1.82) is 0 Å². The quantitative estimate of drug-likeness (QED) is 0.596. The second-order valence-electron chi connectivity index (χ2n) is 4.84. The van der Waals surface area contributed by atoms with Crippen LogP contribution < -0.4 is 0 Å². The van der Waals surface area contributed by atoms with Crippen LogP contribution in [-0.2, 0) is 0 Å². The van der Waals surface area contributed by atoms with Crippen LogP contribution in [-0.4, -0.2) is 5.78 Å². The standard InChI is InChI=1S/C18H13BrO/c1-12-9-10-17(19)16(11-12)18(20)15-8-4-6-13-5-2-3-7-14(13)15/h2-11H,1H3. The molecule has 0 aliphatic rings. The molecule has 0 saturated heterocycles. The summed E-state index contributed by atoms with van der Waals surface area (Å²) in [4.78, 5) is 12.8. The van der Waals surface area contributed by atoms with Gasteiger partial charge in [-0.25, -0.2) is 0 Å². The lowest BCUT2D eigenvalue weighted by molar-refractivity contribution is 0.103. The van der Waals surface area contributed by atoms with Crippen LogP contribution in [0.2, 0.25) is 0 Å². The number of carbonyl (C=O) groups is 1. The van der Waals surface area contributed by atoms with E-state index < -0.39 is 0 Å². The Labute approximate surface area is 126 Å². The molecule has 0 spiro atoms. The molecule has 98 valence electrons. The number of ketones is 1. The monoisotopic (exact) mass is 324 g/mol. The van der Waals surface area contributed by atoms with Gasteiger partial charge in [-0.1, -0.05) is 70.0 Å². The van der Waals surface area contributed by atoms with Crippen LogP contribution in [0.25, 0.3) is 10.8 Å². The van der Waals surface area contributed by atoms with Crippen molar-refractivity contribution in [2.24, 2.45) is 0 Å². The normalized spacial score (nSPS) is 10.7. The van der Waals surface area contributed by atoms with Crippen molar-refractivity contribution >= 4 is 32.5 Å². The highest BCUT2D eigenvalue weighted by molar-refractivity contribution is 9.10. The van der Waals surface area contributed by atoms with Gasteiger partial charge in [-0.2, -0.15) is 0 Å². The molecule has 3 aromatic rings.